The number of quaternary nitrogens is 1. The number of hydrogen-bond acceptors (Lipinski definition) is 3. The van der Waals surface area contributed by atoms with E-state index in [-0.39, 0.29) is 5.57 Å². The van der Waals surface area contributed by atoms with Crippen LogP contribution < -0.4 is 14.7 Å². The monoisotopic (exact) mass is 339 g/mol. The Kier molecular flexibility index (Phi) is 7.23. The van der Waals surface area contributed by atoms with E-state index in [1.807, 2.05) is 30.3 Å². The van der Waals surface area contributed by atoms with E-state index in [1.165, 1.54) is 4.90 Å². The van der Waals surface area contributed by atoms with Gasteiger partial charge < -0.3 is 19.5 Å². The third-order valence-corrected chi connectivity index (χ3v) is 4.22. The lowest BCUT2D eigenvalue weighted by Crippen LogP contribution is -3.12. The van der Waals surface area contributed by atoms with Gasteiger partial charge in [0.2, 0.25) is 0 Å². The molecule has 4 heteroatoms. The van der Waals surface area contributed by atoms with Gasteiger partial charge in [-0.1, -0.05) is 42.5 Å². The highest BCUT2D eigenvalue weighted by Gasteiger charge is 2.04. The quantitative estimate of drug-likeness (QED) is 0.553. The second-order valence-electron chi connectivity index (χ2n) is 5.84. The summed E-state index contributed by atoms with van der Waals surface area (Å²) in [6.45, 7) is 8.16. The van der Waals surface area contributed by atoms with Gasteiger partial charge in [-0.3, -0.25) is 0 Å². The summed E-state index contributed by atoms with van der Waals surface area (Å²) in [6.07, 6.45) is 1.62. The molecule has 0 amide bonds. The van der Waals surface area contributed by atoms with E-state index in [9.17, 15) is 9.90 Å². The summed E-state index contributed by atoms with van der Waals surface area (Å²) in [5.41, 5.74) is 1.59. The Bertz CT molecular complexity index is 689. The molecule has 25 heavy (non-hydrogen) atoms. The van der Waals surface area contributed by atoms with Crippen molar-refractivity contribution < 1.29 is 19.5 Å². The maximum Gasteiger partial charge on any atom is 0.137 e. The minimum absolute atomic E-state index is 0.166. The topological polar surface area (TPSA) is 53.8 Å². The van der Waals surface area contributed by atoms with Crippen LogP contribution in [0.3, 0.4) is 0 Å². The van der Waals surface area contributed by atoms with Crippen molar-refractivity contribution in [3.05, 3.63) is 65.7 Å². The molecule has 0 aliphatic heterocycles. The van der Waals surface area contributed by atoms with E-state index in [4.69, 9.17) is 4.74 Å². The molecule has 2 rings (SSSR count). The summed E-state index contributed by atoms with van der Waals surface area (Å²) in [4.78, 5) is 12.9. The number of carbonyl (C=O) groups is 1. The maximum atomic E-state index is 11.4. The Hall–Kier alpha value is -2.59. The van der Waals surface area contributed by atoms with Crippen LogP contribution in [0.4, 0.5) is 0 Å². The molecule has 132 valence electrons. The minimum Gasteiger partial charge on any atom is -0.545 e. The molecule has 0 unspecified atom stereocenters. The van der Waals surface area contributed by atoms with Crippen LogP contribution in [-0.2, 0) is 4.79 Å². The maximum absolute atomic E-state index is 11.4. The Morgan fingerprint density at radius 3 is 2.24 bits per heavy atom. The molecule has 0 saturated carbocycles. The van der Waals surface area contributed by atoms with Gasteiger partial charge in [0.25, 0.3) is 0 Å². The molecule has 2 aromatic rings. The summed E-state index contributed by atoms with van der Waals surface area (Å²) < 4.78 is 5.76. The number of carboxylic acids is 1. The van der Waals surface area contributed by atoms with E-state index >= 15 is 0 Å². The Balaban J connectivity index is 2.04. The molecule has 4 nitrogen and oxygen atoms in total. The summed E-state index contributed by atoms with van der Waals surface area (Å²) in [6, 6.07) is 16.4. The summed E-state index contributed by atoms with van der Waals surface area (Å²) >= 11 is 0. The number of carbonyl (C=O) groups excluding carboxylic acids is 1. The largest absolute Gasteiger partial charge is 0.545 e. The molecule has 0 aliphatic carbocycles. The van der Waals surface area contributed by atoms with Crippen LogP contribution in [0, 0.1) is 0 Å². The highest BCUT2D eigenvalue weighted by atomic mass is 16.5. The fraction of sp³-hybridized carbons (Fsp3) is 0.286. The van der Waals surface area contributed by atoms with Gasteiger partial charge in [0.1, 0.15) is 18.9 Å². The Morgan fingerprint density at radius 1 is 1.04 bits per heavy atom. The van der Waals surface area contributed by atoms with Gasteiger partial charge in [0.15, 0.2) is 0 Å². The third-order valence-electron chi connectivity index (χ3n) is 4.22. The number of hydrogen-bond donors (Lipinski definition) is 1. The van der Waals surface area contributed by atoms with Crippen LogP contribution in [0.25, 0.3) is 11.6 Å². The molecule has 0 atom stereocenters. The van der Waals surface area contributed by atoms with Crippen LogP contribution in [-0.4, -0.2) is 32.2 Å². The zero-order valence-corrected chi connectivity index (χ0v) is 14.8. The molecule has 1 N–H and O–H groups in total. The average Bonchev–Trinajstić information content (AvgIpc) is 2.65. The van der Waals surface area contributed by atoms with Crippen molar-refractivity contribution in [3.63, 3.8) is 0 Å². The van der Waals surface area contributed by atoms with Crippen molar-refractivity contribution in [2.75, 3.05) is 26.2 Å². The van der Waals surface area contributed by atoms with Crippen molar-refractivity contribution >= 4 is 17.6 Å². The van der Waals surface area contributed by atoms with Crippen LogP contribution in [0.5, 0.6) is 5.75 Å². The molecule has 0 spiro atoms. The standard InChI is InChI=1S/C21H25NO3/c1-3-22(4-2)14-15-25-19-12-10-17(11-13-19)16-20(21(23)24)18-8-6-5-7-9-18/h5-13,16H,3-4,14-15H2,1-2H3,(H,23,24)/b20-16-. The minimum atomic E-state index is -1.19. The van der Waals surface area contributed by atoms with Gasteiger partial charge in [0.05, 0.1) is 19.1 Å². The zero-order chi connectivity index (χ0) is 18.1. The molecule has 0 radical (unpaired) electrons. The Labute approximate surface area is 149 Å². The van der Waals surface area contributed by atoms with Crippen molar-refractivity contribution in [1.29, 1.82) is 0 Å². The second kappa shape index (κ2) is 9.64. The SMILES string of the molecule is CC[NH+](CC)CCOc1ccc(/C=C(\C(=O)[O-])c2ccccc2)cc1. The average molecular weight is 339 g/mol. The van der Waals surface area contributed by atoms with Crippen LogP contribution in [0.15, 0.2) is 54.6 Å². The molecule has 0 saturated heterocycles. The molecule has 0 bridgehead atoms. The number of nitrogens with one attached hydrogen (secondary N) is 1. The molecule has 2 aromatic carbocycles. The number of aliphatic carboxylic acids is 1. The van der Waals surface area contributed by atoms with Gasteiger partial charge in [-0.2, -0.15) is 0 Å². The predicted molar refractivity (Wildman–Crippen MR) is 98.2 cm³/mol. The van der Waals surface area contributed by atoms with Gasteiger partial charge >= 0.3 is 0 Å². The fourth-order valence-electron chi connectivity index (χ4n) is 2.62. The van der Waals surface area contributed by atoms with Gasteiger partial charge in [-0.15, -0.1) is 0 Å². The van der Waals surface area contributed by atoms with E-state index in [0.29, 0.717) is 12.2 Å². The summed E-state index contributed by atoms with van der Waals surface area (Å²) in [7, 11) is 0. The lowest BCUT2D eigenvalue weighted by atomic mass is 10.0. The molecule has 0 heterocycles. The van der Waals surface area contributed by atoms with Crippen LogP contribution >= 0.6 is 0 Å². The number of ether oxygens (including phenoxy) is 1. The van der Waals surface area contributed by atoms with Crippen molar-refractivity contribution in [1.82, 2.24) is 0 Å². The smallest absolute Gasteiger partial charge is 0.137 e. The number of likely N-dealkylation sites (N-methyl/N-ethyl adjacent to an activating group) is 1. The molecular formula is C21H25NO3. The zero-order valence-electron chi connectivity index (χ0n) is 14.8. The van der Waals surface area contributed by atoms with Gasteiger partial charge in [-0.25, -0.2) is 0 Å². The summed E-state index contributed by atoms with van der Waals surface area (Å²) in [5, 5.41) is 11.4. The van der Waals surface area contributed by atoms with E-state index in [0.717, 1.165) is 30.9 Å². The lowest BCUT2D eigenvalue weighted by Gasteiger charge is -2.15. The van der Waals surface area contributed by atoms with Crippen molar-refractivity contribution in [2.24, 2.45) is 0 Å². The number of benzene rings is 2. The van der Waals surface area contributed by atoms with Crippen molar-refractivity contribution in [3.8, 4) is 5.75 Å². The number of carboxylic acid groups (broad SMARTS) is 1. The van der Waals surface area contributed by atoms with Gasteiger partial charge in [0, 0.05) is 5.57 Å². The van der Waals surface area contributed by atoms with Crippen molar-refractivity contribution in [2.45, 2.75) is 13.8 Å². The first-order valence-corrected chi connectivity index (χ1v) is 8.69. The van der Waals surface area contributed by atoms with Gasteiger partial charge in [-0.05, 0) is 43.2 Å². The highest BCUT2D eigenvalue weighted by molar-refractivity contribution is 6.19. The molecule has 0 fully saturated rings. The molecule has 0 aromatic heterocycles. The van der Waals surface area contributed by atoms with Crippen LogP contribution in [0.1, 0.15) is 25.0 Å². The first kappa shape index (κ1) is 18.7. The normalized spacial score (nSPS) is 11.6. The summed E-state index contributed by atoms with van der Waals surface area (Å²) in [5.74, 6) is -0.396. The first-order valence-electron chi connectivity index (χ1n) is 8.69. The molecule has 0 aliphatic rings. The van der Waals surface area contributed by atoms with E-state index < -0.39 is 5.97 Å². The number of rotatable bonds is 9. The second-order valence-corrected chi connectivity index (χ2v) is 5.84. The fourth-order valence-corrected chi connectivity index (χ4v) is 2.62. The molecular weight excluding hydrogens is 314 g/mol. The third kappa shape index (κ3) is 5.76. The first-order chi connectivity index (χ1) is 12.1. The highest BCUT2D eigenvalue weighted by Crippen LogP contribution is 2.19. The Morgan fingerprint density at radius 2 is 1.68 bits per heavy atom. The predicted octanol–water partition coefficient (Wildman–Crippen LogP) is 1.28. The van der Waals surface area contributed by atoms with Crippen LogP contribution in [0.2, 0.25) is 0 Å². The van der Waals surface area contributed by atoms with E-state index in [1.54, 1.807) is 30.3 Å². The van der Waals surface area contributed by atoms with E-state index in [2.05, 4.69) is 13.8 Å². The lowest BCUT2D eigenvalue weighted by molar-refractivity contribution is -0.896.